The number of hydrazine groups is 1. The van der Waals surface area contributed by atoms with Gasteiger partial charge in [0.2, 0.25) is 0 Å². The second-order valence-corrected chi connectivity index (χ2v) is 4.55. The van der Waals surface area contributed by atoms with Crippen LogP contribution in [-0.4, -0.2) is 21.8 Å². The van der Waals surface area contributed by atoms with Crippen LogP contribution in [0.25, 0.3) is 11.0 Å². The molecule has 0 radical (unpaired) electrons. The number of imidazole rings is 1. The van der Waals surface area contributed by atoms with Crippen LogP contribution in [-0.2, 0) is 0 Å². The van der Waals surface area contributed by atoms with Gasteiger partial charge >= 0.3 is 0 Å². The zero-order valence-corrected chi connectivity index (χ0v) is 11.3. The first-order valence-electron chi connectivity index (χ1n) is 6.43. The fourth-order valence-electron chi connectivity index (χ4n) is 1.94. The molecule has 0 unspecified atom stereocenters. The van der Waals surface area contributed by atoms with E-state index >= 15 is 0 Å². The number of carbonyl (C=O) groups excluding carboxylic acids is 2. The van der Waals surface area contributed by atoms with Gasteiger partial charge in [0.1, 0.15) is 5.82 Å². The van der Waals surface area contributed by atoms with Gasteiger partial charge in [0, 0.05) is 11.1 Å². The average molecular weight is 298 g/mol. The molecule has 3 aromatic rings. The Morgan fingerprint density at radius 3 is 2.32 bits per heavy atom. The number of nitrogens with one attached hydrogen (secondary N) is 3. The van der Waals surface area contributed by atoms with Crippen molar-refractivity contribution in [2.24, 2.45) is 0 Å². The van der Waals surface area contributed by atoms with E-state index in [0.717, 1.165) is 11.0 Å². The predicted molar refractivity (Wildman–Crippen MR) is 77.4 cm³/mol. The first kappa shape index (κ1) is 13.7. The minimum absolute atomic E-state index is 0.241. The van der Waals surface area contributed by atoms with E-state index in [1.807, 2.05) is 0 Å². The zero-order chi connectivity index (χ0) is 15.5. The van der Waals surface area contributed by atoms with Crippen LogP contribution in [0.5, 0.6) is 0 Å². The van der Waals surface area contributed by atoms with Crippen LogP contribution >= 0.6 is 0 Å². The van der Waals surface area contributed by atoms with Gasteiger partial charge in [0.25, 0.3) is 11.8 Å². The molecular formula is C15H11FN4O2. The molecule has 0 saturated heterocycles. The summed E-state index contributed by atoms with van der Waals surface area (Å²) in [5.41, 5.74) is 6.65. The summed E-state index contributed by atoms with van der Waals surface area (Å²) < 4.78 is 12.8. The number of hydrogen-bond acceptors (Lipinski definition) is 3. The van der Waals surface area contributed by atoms with Crippen molar-refractivity contribution in [2.45, 2.75) is 0 Å². The highest BCUT2D eigenvalue weighted by atomic mass is 19.1. The first-order valence-corrected chi connectivity index (χ1v) is 6.43. The Hall–Kier alpha value is -3.22. The van der Waals surface area contributed by atoms with Crippen molar-refractivity contribution in [3.05, 3.63) is 65.7 Å². The van der Waals surface area contributed by atoms with Crippen LogP contribution < -0.4 is 10.9 Å². The van der Waals surface area contributed by atoms with Gasteiger partial charge in [-0.15, -0.1) is 0 Å². The molecule has 7 heteroatoms. The Morgan fingerprint density at radius 1 is 0.955 bits per heavy atom. The van der Waals surface area contributed by atoms with Crippen molar-refractivity contribution < 1.29 is 14.0 Å². The zero-order valence-electron chi connectivity index (χ0n) is 11.3. The molecule has 1 heterocycles. The molecular weight excluding hydrogens is 287 g/mol. The largest absolute Gasteiger partial charge is 0.345 e. The van der Waals surface area contributed by atoms with Crippen LogP contribution in [0, 0.1) is 5.82 Å². The van der Waals surface area contributed by atoms with Crippen molar-refractivity contribution in [3.63, 3.8) is 0 Å². The molecule has 0 atom stereocenters. The molecule has 0 fully saturated rings. The van der Waals surface area contributed by atoms with Gasteiger partial charge in [0.15, 0.2) is 0 Å². The standard InChI is InChI=1S/C15H11FN4O2/c16-11-4-1-9(2-5-11)14(21)19-20-15(22)10-3-6-12-13(7-10)18-8-17-12/h1-8H,(H,17,18)(H,19,21)(H,20,22). The Balaban J connectivity index is 1.66. The second kappa shape index (κ2) is 5.65. The van der Waals surface area contributed by atoms with Crippen LogP contribution in [0.1, 0.15) is 20.7 Å². The van der Waals surface area contributed by atoms with E-state index in [4.69, 9.17) is 0 Å². The molecule has 6 nitrogen and oxygen atoms in total. The van der Waals surface area contributed by atoms with Crippen LogP contribution in [0.2, 0.25) is 0 Å². The van der Waals surface area contributed by atoms with Crippen molar-refractivity contribution in [1.82, 2.24) is 20.8 Å². The SMILES string of the molecule is O=C(NNC(=O)c1ccc2nc[nH]c2c1)c1ccc(F)cc1. The lowest BCUT2D eigenvalue weighted by molar-refractivity contribution is 0.0846. The molecule has 0 aliphatic rings. The molecule has 22 heavy (non-hydrogen) atoms. The number of rotatable bonds is 2. The van der Waals surface area contributed by atoms with E-state index in [0.29, 0.717) is 5.56 Å². The Morgan fingerprint density at radius 2 is 1.59 bits per heavy atom. The number of benzene rings is 2. The number of aromatic nitrogens is 2. The highest BCUT2D eigenvalue weighted by Crippen LogP contribution is 2.11. The predicted octanol–water partition coefficient (Wildman–Crippen LogP) is 1.78. The summed E-state index contributed by atoms with van der Waals surface area (Å²) in [4.78, 5) is 30.7. The third-order valence-electron chi connectivity index (χ3n) is 3.08. The van der Waals surface area contributed by atoms with Crippen LogP contribution in [0.3, 0.4) is 0 Å². The number of aromatic amines is 1. The summed E-state index contributed by atoms with van der Waals surface area (Å²) >= 11 is 0. The highest BCUT2D eigenvalue weighted by molar-refractivity contribution is 6.00. The topological polar surface area (TPSA) is 86.9 Å². The second-order valence-electron chi connectivity index (χ2n) is 4.55. The summed E-state index contributed by atoms with van der Waals surface area (Å²) in [5, 5.41) is 0. The van der Waals surface area contributed by atoms with Crippen LogP contribution in [0.15, 0.2) is 48.8 Å². The molecule has 2 aromatic carbocycles. The number of carbonyl (C=O) groups is 2. The lowest BCUT2D eigenvalue weighted by Gasteiger charge is -2.07. The maximum atomic E-state index is 12.8. The van der Waals surface area contributed by atoms with Gasteiger partial charge in [-0.05, 0) is 42.5 Å². The van der Waals surface area contributed by atoms with Crippen molar-refractivity contribution >= 4 is 22.8 Å². The number of fused-ring (bicyclic) bond motifs is 1. The molecule has 110 valence electrons. The Labute approximate surface area is 124 Å². The Bertz CT molecular complexity index is 842. The van der Waals surface area contributed by atoms with Gasteiger partial charge in [-0.1, -0.05) is 0 Å². The Kier molecular flexibility index (Phi) is 3.53. The van der Waals surface area contributed by atoms with E-state index < -0.39 is 17.6 Å². The normalized spacial score (nSPS) is 10.4. The monoisotopic (exact) mass is 298 g/mol. The van der Waals surface area contributed by atoms with E-state index in [9.17, 15) is 14.0 Å². The van der Waals surface area contributed by atoms with Crippen molar-refractivity contribution in [3.8, 4) is 0 Å². The number of nitrogens with zero attached hydrogens (tertiary/aromatic N) is 1. The molecule has 0 aliphatic heterocycles. The summed E-state index contributed by atoms with van der Waals surface area (Å²) in [6, 6.07) is 9.92. The van der Waals surface area contributed by atoms with E-state index in [1.54, 1.807) is 18.2 Å². The van der Waals surface area contributed by atoms with Crippen molar-refractivity contribution in [1.29, 1.82) is 0 Å². The lowest BCUT2D eigenvalue weighted by Crippen LogP contribution is -2.41. The quantitative estimate of drug-likeness (QED) is 0.630. The summed E-state index contributed by atoms with van der Waals surface area (Å²) in [5.74, 6) is -1.43. The number of H-pyrrole nitrogens is 1. The van der Waals surface area contributed by atoms with Crippen molar-refractivity contribution in [2.75, 3.05) is 0 Å². The minimum Gasteiger partial charge on any atom is -0.345 e. The molecule has 1 aromatic heterocycles. The summed E-state index contributed by atoms with van der Waals surface area (Å²) in [6.07, 6.45) is 1.53. The van der Waals surface area contributed by atoms with Gasteiger partial charge in [-0.3, -0.25) is 20.4 Å². The maximum Gasteiger partial charge on any atom is 0.269 e. The van der Waals surface area contributed by atoms with E-state index in [2.05, 4.69) is 20.8 Å². The molecule has 0 bridgehead atoms. The highest BCUT2D eigenvalue weighted by Gasteiger charge is 2.10. The third-order valence-corrected chi connectivity index (χ3v) is 3.08. The maximum absolute atomic E-state index is 12.8. The minimum atomic E-state index is -0.532. The molecule has 0 aliphatic carbocycles. The summed E-state index contributed by atoms with van der Waals surface area (Å²) in [6.45, 7) is 0. The number of hydrogen-bond donors (Lipinski definition) is 3. The van der Waals surface area contributed by atoms with Gasteiger partial charge in [-0.2, -0.15) is 0 Å². The molecule has 3 N–H and O–H groups in total. The smallest absolute Gasteiger partial charge is 0.269 e. The fourth-order valence-corrected chi connectivity index (χ4v) is 1.94. The average Bonchev–Trinajstić information content (AvgIpc) is 3.00. The van der Waals surface area contributed by atoms with Crippen LogP contribution in [0.4, 0.5) is 4.39 Å². The van der Waals surface area contributed by atoms with Gasteiger partial charge in [-0.25, -0.2) is 9.37 Å². The molecule has 3 rings (SSSR count). The van der Waals surface area contributed by atoms with E-state index in [-0.39, 0.29) is 5.56 Å². The number of amides is 2. The van der Waals surface area contributed by atoms with Gasteiger partial charge < -0.3 is 4.98 Å². The van der Waals surface area contributed by atoms with Gasteiger partial charge in [0.05, 0.1) is 17.4 Å². The summed E-state index contributed by atoms with van der Waals surface area (Å²) in [7, 11) is 0. The third kappa shape index (κ3) is 2.78. The molecule has 0 saturated carbocycles. The molecule has 0 spiro atoms. The number of halogens is 1. The van der Waals surface area contributed by atoms with E-state index in [1.165, 1.54) is 30.6 Å². The first-order chi connectivity index (χ1) is 10.6. The lowest BCUT2D eigenvalue weighted by atomic mass is 10.2. The molecule has 2 amide bonds. The fraction of sp³-hybridized carbons (Fsp3) is 0.